The zero-order valence-electron chi connectivity index (χ0n) is 16.5. The molecule has 2 aromatic carbocycles. The van der Waals surface area contributed by atoms with Crippen LogP contribution in [0, 0.1) is 0 Å². The van der Waals surface area contributed by atoms with Crippen molar-refractivity contribution in [3.8, 4) is 5.75 Å². The molecular weight excluding hydrogens is 388 g/mol. The van der Waals surface area contributed by atoms with Crippen LogP contribution >= 0.6 is 0 Å². The summed E-state index contributed by atoms with van der Waals surface area (Å²) in [5, 5.41) is 2.82. The van der Waals surface area contributed by atoms with Crippen LogP contribution < -0.4 is 10.1 Å². The zero-order valence-corrected chi connectivity index (χ0v) is 17.4. The molecule has 0 saturated carbocycles. The minimum Gasteiger partial charge on any atom is -0.484 e. The molecule has 1 heterocycles. The second-order valence-electron chi connectivity index (χ2n) is 7.16. The van der Waals surface area contributed by atoms with Gasteiger partial charge >= 0.3 is 0 Å². The van der Waals surface area contributed by atoms with E-state index in [2.05, 4.69) is 5.32 Å². The molecule has 1 amide bonds. The Hall–Kier alpha value is -2.38. The van der Waals surface area contributed by atoms with Crippen LogP contribution in [0.5, 0.6) is 5.75 Å². The molecule has 6 nitrogen and oxygen atoms in total. The van der Waals surface area contributed by atoms with Crippen LogP contribution in [0.3, 0.4) is 0 Å². The summed E-state index contributed by atoms with van der Waals surface area (Å²) >= 11 is 0. The van der Waals surface area contributed by atoms with Crippen molar-refractivity contribution in [2.45, 2.75) is 37.0 Å². The third-order valence-corrected chi connectivity index (χ3v) is 6.89. The van der Waals surface area contributed by atoms with E-state index >= 15 is 0 Å². The van der Waals surface area contributed by atoms with E-state index in [0.717, 1.165) is 37.7 Å². The van der Waals surface area contributed by atoms with Crippen LogP contribution in [0.4, 0.5) is 0 Å². The predicted molar refractivity (Wildman–Crippen MR) is 112 cm³/mol. The first-order valence-electron chi connectivity index (χ1n) is 10.1. The molecule has 0 bridgehead atoms. The third kappa shape index (κ3) is 6.30. The molecule has 0 unspecified atom stereocenters. The Morgan fingerprint density at radius 2 is 1.59 bits per heavy atom. The lowest BCUT2D eigenvalue weighted by Gasteiger charge is -2.20. The maximum Gasteiger partial charge on any atom is 0.257 e. The van der Waals surface area contributed by atoms with Gasteiger partial charge in [0.1, 0.15) is 5.75 Å². The number of hydrogen-bond donors (Lipinski definition) is 1. The Labute approximate surface area is 172 Å². The molecule has 1 N–H and O–H groups in total. The van der Waals surface area contributed by atoms with E-state index < -0.39 is 10.0 Å². The van der Waals surface area contributed by atoms with Gasteiger partial charge in [0.15, 0.2) is 6.61 Å². The summed E-state index contributed by atoms with van der Waals surface area (Å²) in [6.45, 7) is 1.58. The van der Waals surface area contributed by atoms with Crippen LogP contribution in [0.1, 0.15) is 31.2 Å². The van der Waals surface area contributed by atoms with Gasteiger partial charge in [-0.15, -0.1) is 0 Å². The van der Waals surface area contributed by atoms with Gasteiger partial charge in [0.05, 0.1) is 4.90 Å². The first-order valence-corrected chi connectivity index (χ1v) is 11.5. The molecule has 0 radical (unpaired) electrons. The molecule has 0 spiro atoms. The zero-order chi connectivity index (χ0) is 20.5. The van der Waals surface area contributed by atoms with Crippen molar-refractivity contribution in [2.24, 2.45) is 0 Å². The van der Waals surface area contributed by atoms with Crippen LogP contribution in [-0.2, 0) is 21.2 Å². The lowest BCUT2D eigenvalue weighted by atomic mass is 10.1. The summed E-state index contributed by atoms with van der Waals surface area (Å²) in [4.78, 5) is 12.2. The summed E-state index contributed by atoms with van der Waals surface area (Å²) in [5.74, 6) is 0.264. The fraction of sp³-hybridized carbons (Fsp3) is 0.409. The van der Waals surface area contributed by atoms with Gasteiger partial charge < -0.3 is 10.1 Å². The maximum atomic E-state index is 12.8. The summed E-state index contributed by atoms with van der Waals surface area (Å²) in [6.07, 6.45) is 4.72. The first kappa shape index (κ1) is 21.3. The molecule has 29 heavy (non-hydrogen) atoms. The number of rotatable bonds is 8. The average Bonchev–Trinajstić information content (AvgIpc) is 3.04. The van der Waals surface area contributed by atoms with Gasteiger partial charge in [0, 0.05) is 19.6 Å². The summed E-state index contributed by atoms with van der Waals surface area (Å²) in [7, 11) is -3.47. The van der Waals surface area contributed by atoms with E-state index in [0.29, 0.717) is 25.4 Å². The van der Waals surface area contributed by atoms with E-state index in [1.165, 1.54) is 0 Å². The third-order valence-electron chi connectivity index (χ3n) is 4.98. The Morgan fingerprint density at radius 3 is 2.24 bits per heavy atom. The molecular formula is C22H28N2O4S. The van der Waals surface area contributed by atoms with Crippen molar-refractivity contribution in [3.05, 3.63) is 60.2 Å². The van der Waals surface area contributed by atoms with Crippen LogP contribution in [0.15, 0.2) is 59.5 Å². The maximum absolute atomic E-state index is 12.8. The monoisotopic (exact) mass is 416 g/mol. The van der Waals surface area contributed by atoms with Crippen molar-refractivity contribution in [1.82, 2.24) is 9.62 Å². The number of benzene rings is 2. The molecule has 3 rings (SSSR count). The van der Waals surface area contributed by atoms with E-state index in [9.17, 15) is 13.2 Å². The second-order valence-corrected chi connectivity index (χ2v) is 9.10. The van der Waals surface area contributed by atoms with E-state index in [1.807, 2.05) is 30.3 Å². The van der Waals surface area contributed by atoms with Crippen molar-refractivity contribution < 1.29 is 17.9 Å². The highest BCUT2D eigenvalue weighted by Gasteiger charge is 2.24. The number of nitrogens with zero attached hydrogens (tertiary/aromatic N) is 1. The number of nitrogens with one attached hydrogen (secondary N) is 1. The van der Waals surface area contributed by atoms with Crippen LogP contribution in [0.25, 0.3) is 0 Å². The minimum absolute atomic E-state index is 0.104. The fourth-order valence-electron chi connectivity index (χ4n) is 3.33. The number of hydrogen-bond acceptors (Lipinski definition) is 4. The summed E-state index contributed by atoms with van der Waals surface area (Å²) < 4.78 is 32.6. The lowest BCUT2D eigenvalue weighted by molar-refractivity contribution is -0.123. The number of carbonyl (C=O) groups is 1. The Balaban J connectivity index is 1.46. The van der Waals surface area contributed by atoms with E-state index in [1.54, 1.807) is 28.6 Å². The van der Waals surface area contributed by atoms with Crippen molar-refractivity contribution in [2.75, 3.05) is 26.2 Å². The SMILES string of the molecule is O=C(COc1ccc(S(=O)(=O)N2CCCCCC2)cc1)NCCc1ccccc1. The standard InChI is InChI=1S/C22H28N2O4S/c25-22(23-15-14-19-8-4-3-5-9-19)18-28-20-10-12-21(13-11-20)29(26,27)24-16-6-1-2-7-17-24/h3-5,8-13H,1-2,6-7,14-18H2,(H,23,25). The Kier molecular flexibility index (Phi) is 7.66. The van der Waals surface area contributed by atoms with Gasteiger partial charge in [0.2, 0.25) is 10.0 Å². The van der Waals surface area contributed by atoms with Crippen LogP contribution in [0.2, 0.25) is 0 Å². The topological polar surface area (TPSA) is 75.7 Å². The quantitative estimate of drug-likeness (QED) is 0.718. The Bertz CT molecular complexity index is 875. The molecule has 1 saturated heterocycles. The molecule has 0 atom stereocenters. The number of carbonyl (C=O) groups excluding carboxylic acids is 1. The Morgan fingerprint density at radius 1 is 0.931 bits per heavy atom. The molecule has 1 fully saturated rings. The van der Waals surface area contributed by atoms with Crippen molar-refractivity contribution in [3.63, 3.8) is 0 Å². The van der Waals surface area contributed by atoms with E-state index in [4.69, 9.17) is 4.74 Å². The number of sulfonamides is 1. The van der Waals surface area contributed by atoms with Gasteiger partial charge in [-0.1, -0.05) is 43.2 Å². The molecule has 2 aromatic rings. The average molecular weight is 417 g/mol. The number of amides is 1. The highest BCUT2D eigenvalue weighted by molar-refractivity contribution is 7.89. The van der Waals surface area contributed by atoms with Gasteiger partial charge in [0.25, 0.3) is 5.91 Å². The molecule has 156 valence electrons. The highest BCUT2D eigenvalue weighted by atomic mass is 32.2. The van der Waals surface area contributed by atoms with E-state index in [-0.39, 0.29) is 17.4 Å². The largest absolute Gasteiger partial charge is 0.484 e. The van der Waals surface area contributed by atoms with Gasteiger partial charge in [-0.05, 0) is 49.1 Å². The first-order chi connectivity index (χ1) is 14.1. The molecule has 0 aromatic heterocycles. The molecule has 0 aliphatic carbocycles. The van der Waals surface area contributed by atoms with Crippen LogP contribution in [-0.4, -0.2) is 44.9 Å². The molecule has 1 aliphatic rings. The smallest absolute Gasteiger partial charge is 0.257 e. The minimum atomic E-state index is -3.47. The second kappa shape index (κ2) is 10.4. The van der Waals surface area contributed by atoms with Crippen molar-refractivity contribution in [1.29, 1.82) is 0 Å². The fourth-order valence-corrected chi connectivity index (χ4v) is 4.85. The molecule has 7 heteroatoms. The number of ether oxygens (including phenoxy) is 1. The van der Waals surface area contributed by atoms with Gasteiger partial charge in [-0.3, -0.25) is 4.79 Å². The highest BCUT2D eigenvalue weighted by Crippen LogP contribution is 2.22. The van der Waals surface area contributed by atoms with Gasteiger partial charge in [-0.2, -0.15) is 4.31 Å². The van der Waals surface area contributed by atoms with Gasteiger partial charge in [-0.25, -0.2) is 8.42 Å². The molecule has 1 aliphatic heterocycles. The normalized spacial score (nSPS) is 15.4. The van der Waals surface area contributed by atoms with Crippen molar-refractivity contribution >= 4 is 15.9 Å². The lowest BCUT2D eigenvalue weighted by Crippen LogP contribution is -2.32. The summed E-state index contributed by atoms with van der Waals surface area (Å²) in [5.41, 5.74) is 1.16. The summed E-state index contributed by atoms with van der Waals surface area (Å²) in [6, 6.07) is 16.2. The predicted octanol–water partition coefficient (Wildman–Crippen LogP) is 2.99.